The van der Waals surface area contributed by atoms with E-state index < -0.39 is 0 Å². The van der Waals surface area contributed by atoms with E-state index in [4.69, 9.17) is 9.15 Å². The normalized spacial score (nSPS) is 10.5. The molecule has 5 heteroatoms. The van der Waals surface area contributed by atoms with Gasteiger partial charge in [-0.2, -0.15) is 0 Å². The minimum absolute atomic E-state index is 0.0686. The molecule has 0 atom stereocenters. The smallest absolute Gasteiger partial charge is 0.226 e. The van der Waals surface area contributed by atoms with Gasteiger partial charge in [0.2, 0.25) is 5.89 Å². The highest BCUT2D eigenvalue weighted by atomic mass is 16.5. The number of hydrogen-bond donors (Lipinski definition) is 2. The van der Waals surface area contributed by atoms with Crippen molar-refractivity contribution in [3.8, 4) is 17.2 Å². The molecule has 2 aromatic carbocycles. The Bertz CT molecular complexity index is 769. The minimum atomic E-state index is -0.0686. The molecule has 2 N–H and O–H groups in total. The number of aliphatic hydroxyl groups is 1. The van der Waals surface area contributed by atoms with Crippen molar-refractivity contribution in [1.29, 1.82) is 0 Å². The number of nitrogens with zero attached hydrogens (tertiary/aromatic N) is 1. The van der Waals surface area contributed by atoms with Crippen LogP contribution >= 0.6 is 0 Å². The second-order valence-corrected chi connectivity index (χ2v) is 5.05. The summed E-state index contributed by atoms with van der Waals surface area (Å²) in [6, 6.07) is 15.4. The summed E-state index contributed by atoms with van der Waals surface area (Å²) in [5.41, 5.74) is 3.39. The molecule has 0 unspecified atom stereocenters. The van der Waals surface area contributed by atoms with Crippen LogP contribution in [-0.2, 0) is 13.2 Å². The van der Waals surface area contributed by atoms with Gasteiger partial charge in [-0.3, -0.25) is 0 Å². The van der Waals surface area contributed by atoms with Gasteiger partial charge >= 0.3 is 0 Å². The fraction of sp³-hybridized carbons (Fsp3) is 0.167. The zero-order valence-electron chi connectivity index (χ0n) is 12.8. The van der Waals surface area contributed by atoms with Gasteiger partial charge in [0.15, 0.2) is 0 Å². The number of anilines is 1. The molecule has 0 spiro atoms. The quantitative estimate of drug-likeness (QED) is 0.730. The summed E-state index contributed by atoms with van der Waals surface area (Å²) in [6.45, 7) is 0.467. The zero-order valence-corrected chi connectivity index (χ0v) is 12.8. The van der Waals surface area contributed by atoms with E-state index in [1.807, 2.05) is 48.5 Å². The fourth-order valence-electron chi connectivity index (χ4n) is 2.31. The van der Waals surface area contributed by atoms with Crippen LogP contribution in [0.4, 0.5) is 5.69 Å². The highest BCUT2D eigenvalue weighted by molar-refractivity contribution is 5.53. The molecule has 0 amide bonds. The molecule has 0 saturated heterocycles. The van der Waals surface area contributed by atoms with Gasteiger partial charge in [-0.15, -0.1) is 0 Å². The van der Waals surface area contributed by atoms with Gasteiger partial charge in [-0.1, -0.05) is 18.2 Å². The van der Waals surface area contributed by atoms with Crippen LogP contribution in [0.3, 0.4) is 0 Å². The first-order valence-electron chi connectivity index (χ1n) is 7.31. The van der Waals surface area contributed by atoms with E-state index >= 15 is 0 Å². The van der Waals surface area contributed by atoms with Crippen LogP contribution in [0, 0.1) is 0 Å². The summed E-state index contributed by atoms with van der Waals surface area (Å²) >= 11 is 0. The zero-order chi connectivity index (χ0) is 16.1. The third-order valence-corrected chi connectivity index (χ3v) is 3.50. The summed E-state index contributed by atoms with van der Waals surface area (Å²) < 4.78 is 10.7. The SMILES string of the molecule is COc1ccc(NCc2coc(-c3ccccc3)n2)cc1CO. The molecule has 1 heterocycles. The van der Waals surface area contributed by atoms with Crippen molar-refractivity contribution in [2.24, 2.45) is 0 Å². The molecule has 0 bridgehead atoms. The van der Waals surface area contributed by atoms with Crippen LogP contribution in [0.15, 0.2) is 59.2 Å². The fourth-order valence-corrected chi connectivity index (χ4v) is 2.31. The topological polar surface area (TPSA) is 67.5 Å². The van der Waals surface area contributed by atoms with E-state index in [1.54, 1.807) is 13.4 Å². The van der Waals surface area contributed by atoms with Crippen LogP contribution in [0.25, 0.3) is 11.5 Å². The second kappa shape index (κ2) is 6.98. The van der Waals surface area contributed by atoms with Gasteiger partial charge in [0.25, 0.3) is 0 Å². The Labute approximate surface area is 134 Å². The monoisotopic (exact) mass is 310 g/mol. The third-order valence-electron chi connectivity index (χ3n) is 3.50. The lowest BCUT2D eigenvalue weighted by atomic mass is 10.2. The first-order valence-corrected chi connectivity index (χ1v) is 7.31. The number of aromatic nitrogens is 1. The third kappa shape index (κ3) is 3.52. The Balaban J connectivity index is 1.68. The van der Waals surface area contributed by atoms with Crippen molar-refractivity contribution in [3.05, 3.63) is 66.1 Å². The van der Waals surface area contributed by atoms with Crippen LogP contribution < -0.4 is 10.1 Å². The first kappa shape index (κ1) is 15.1. The Morgan fingerprint density at radius 3 is 2.74 bits per heavy atom. The Hall–Kier alpha value is -2.79. The van der Waals surface area contributed by atoms with E-state index in [-0.39, 0.29) is 6.61 Å². The van der Waals surface area contributed by atoms with E-state index in [0.29, 0.717) is 18.2 Å². The molecular weight excluding hydrogens is 292 g/mol. The maximum Gasteiger partial charge on any atom is 0.226 e. The molecule has 0 aliphatic rings. The molecule has 0 radical (unpaired) electrons. The molecule has 3 rings (SSSR count). The lowest BCUT2D eigenvalue weighted by molar-refractivity contribution is 0.274. The van der Waals surface area contributed by atoms with E-state index in [1.165, 1.54) is 0 Å². The molecule has 1 aromatic heterocycles. The molecular formula is C18H18N2O3. The van der Waals surface area contributed by atoms with Gasteiger partial charge < -0.3 is 19.6 Å². The molecule has 5 nitrogen and oxygen atoms in total. The number of rotatable bonds is 6. The van der Waals surface area contributed by atoms with Crippen LogP contribution in [0.2, 0.25) is 0 Å². The van der Waals surface area contributed by atoms with E-state index in [2.05, 4.69) is 10.3 Å². The number of nitrogens with one attached hydrogen (secondary N) is 1. The maximum absolute atomic E-state index is 9.35. The lowest BCUT2D eigenvalue weighted by Crippen LogP contribution is -2.01. The summed E-state index contributed by atoms with van der Waals surface area (Å²) in [6.07, 6.45) is 1.64. The van der Waals surface area contributed by atoms with E-state index in [9.17, 15) is 5.11 Å². The number of hydrogen-bond acceptors (Lipinski definition) is 5. The lowest BCUT2D eigenvalue weighted by Gasteiger charge is -2.09. The van der Waals surface area contributed by atoms with Gasteiger partial charge in [0.1, 0.15) is 12.0 Å². The number of methoxy groups -OCH3 is 1. The van der Waals surface area contributed by atoms with Crippen molar-refractivity contribution in [1.82, 2.24) is 4.98 Å². The average Bonchev–Trinajstić information content (AvgIpc) is 3.09. The number of ether oxygens (including phenoxy) is 1. The predicted molar refractivity (Wildman–Crippen MR) is 88.2 cm³/mol. The number of oxazole rings is 1. The Kier molecular flexibility index (Phi) is 4.59. The van der Waals surface area contributed by atoms with E-state index in [0.717, 1.165) is 22.5 Å². The van der Waals surface area contributed by atoms with Crippen molar-refractivity contribution < 1.29 is 14.3 Å². The van der Waals surface area contributed by atoms with Gasteiger partial charge in [0, 0.05) is 16.8 Å². The highest BCUT2D eigenvalue weighted by Crippen LogP contribution is 2.23. The summed E-state index contributed by atoms with van der Waals surface area (Å²) in [5, 5.41) is 12.6. The Morgan fingerprint density at radius 1 is 1.17 bits per heavy atom. The van der Waals surface area contributed by atoms with Gasteiger partial charge in [0.05, 0.1) is 26.0 Å². The molecule has 0 aliphatic heterocycles. The minimum Gasteiger partial charge on any atom is -0.496 e. The van der Waals surface area contributed by atoms with Crippen molar-refractivity contribution in [2.45, 2.75) is 13.2 Å². The maximum atomic E-state index is 9.35. The molecule has 118 valence electrons. The van der Waals surface area contributed by atoms with Crippen LogP contribution in [0.1, 0.15) is 11.3 Å². The van der Waals surface area contributed by atoms with Gasteiger partial charge in [-0.25, -0.2) is 4.98 Å². The number of aliphatic hydroxyl groups excluding tert-OH is 1. The Morgan fingerprint density at radius 2 is 2.00 bits per heavy atom. The van der Waals surface area contributed by atoms with Crippen molar-refractivity contribution >= 4 is 5.69 Å². The molecule has 0 aliphatic carbocycles. The standard InChI is InChI=1S/C18H18N2O3/c1-22-17-8-7-15(9-14(17)11-21)19-10-16-12-23-18(20-16)13-5-3-2-4-6-13/h2-9,12,19,21H,10-11H2,1H3. The van der Waals surface area contributed by atoms with Gasteiger partial charge in [-0.05, 0) is 30.3 Å². The molecule has 0 saturated carbocycles. The summed E-state index contributed by atoms with van der Waals surface area (Å²) in [5.74, 6) is 1.28. The van der Waals surface area contributed by atoms with Crippen LogP contribution in [-0.4, -0.2) is 17.2 Å². The largest absolute Gasteiger partial charge is 0.496 e. The molecule has 23 heavy (non-hydrogen) atoms. The summed E-state index contributed by atoms with van der Waals surface area (Å²) in [4.78, 5) is 4.47. The summed E-state index contributed by atoms with van der Waals surface area (Å²) in [7, 11) is 1.59. The number of benzene rings is 2. The molecule has 0 fully saturated rings. The van der Waals surface area contributed by atoms with Crippen molar-refractivity contribution in [3.63, 3.8) is 0 Å². The first-order chi connectivity index (χ1) is 11.3. The second-order valence-electron chi connectivity index (χ2n) is 5.05. The molecule has 3 aromatic rings. The average molecular weight is 310 g/mol. The highest BCUT2D eigenvalue weighted by Gasteiger charge is 2.07. The van der Waals surface area contributed by atoms with Crippen molar-refractivity contribution in [2.75, 3.05) is 12.4 Å². The van der Waals surface area contributed by atoms with Crippen LogP contribution in [0.5, 0.6) is 5.75 Å². The predicted octanol–water partition coefficient (Wildman–Crippen LogP) is 3.45.